The van der Waals surface area contributed by atoms with Gasteiger partial charge in [0.05, 0.1) is 18.1 Å². The first kappa shape index (κ1) is 21.1. The third kappa shape index (κ3) is 4.74. The fourth-order valence-electron chi connectivity index (χ4n) is 3.16. The molecule has 0 aliphatic carbocycles. The number of likely N-dealkylation sites (tertiary alicyclic amines) is 1. The van der Waals surface area contributed by atoms with Crippen LogP contribution in [0.5, 0.6) is 5.75 Å². The molecule has 1 fully saturated rings. The summed E-state index contributed by atoms with van der Waals surface area (Å²) in [6.45, 7) is 1.30. The number of nitrogens with zero attached hydrogens (tertiary/aromatic N) is 2. The van der Waals surface area contributed by atoms with Gasteiger partial charge in [0.25, 0.3) is 5.69 Å². The van der Waals surface area contributed by atoms with E-state index in [0.717, 1.165) is 0 Å². The summed E-state index contributed by atoms with van der Waals surface area (Å²) in [6.07, 6.45) is -0.943. The van der Waals surface area contributed by atoms with E-state index < -0.39 is 34.9 Å². The van der Waals surface area contributed by atoms with Crippen molar-refractivity contribution in [3.8, 4) is 5.75 Å². The number of nitro groups is 1. The highest BCUT2D eigenvalue weighted by molar-refractivity contribution is 5.91. The van der Waals surface area contributed by atoms with E-state index in [4.69, 9.17) is 10.5 Å². The van der Waals surface area contributed by atoms with Gasteiger partial charge in [0, 0.05) is 44.0 Å². The maximum Gasteiger partial charge on any atom is 0.269 e. The third-order valence-electron chi connectivity index (χ3n) is 4.54. The number of carbonyl (C=O) groups is 3. The minimum absolute atomic E-state index is 0.0212. The summed E-state index contributed by atoms with van der Waals surface area (Å²) >= 11 is 0. The quantitative estimate of drug-likeness (QED) is 0.398. The molecule has 0 saturated carbocycles. The van der Waals surface area contributed by atoms with E-state index in [-0.39, 0.29) is 31.0 Å². The van der Waals surface area contributed by atoms with Gasteiger partial charge in [0.15, 0.2) is 0 Å². The predicted molar refractivity (Wildman–Crippen MR) is 96.3 cm³/mol. The molecule has 152 valence electrons. The first-order valence-electron chi connectivity index (χ1n) is 8.50. The topological polar surface area (TPSA) is 165 Å². The van der Waals surface area contributed by atoms with Gasteiger partial charge in [-0.15, -0.1) is 0 Å². The monoisotopic (exact) mass is 394 g/mol. The van der Waals surface area contributed by atoms with Crippen molar-refractivity contribution in [2.75, 3.05) is 13.7 Å². The van der Waals surface area contributed by atoms with Gasteiger partial charge in [-0.1, -0.05) is 0 Å². The summed E-state index contributed by atoms with van der Waals surface area (Å²) in [4.78, 5) is 47.7. The summed E-state index contributed by atoms with van der Waals surface area (Å²) in [5.74, 6) is -1.57. The van der Waals surface area contributed by atoms with Gasteiger partial charge in [-0.2, -0.15) is 0 Å². The molecule has 28 heavy (non-hydrogen) atoms. The number of aliphatic hydroxyl groups excluding tert-OH is 1. The van der Waals surface area contributed by atoms with Gasteiger partial charge < -0.3 is 25.8 Å². The minimum Gasteiger partial charge on any atom is -0.496 e. The Hall–Kier alpha value is -3.21. The fraction of sp³-hybridized carbons (Fsp3) is 0.471. The molecule has 3 amide bonds. The summed E-state index contributed by atoms with van der Waals surface area (Å²) in [5, 5.41) is 23.2. The van der Waals surface area contributed by atoms with Crippen molar-refractivity contribution in [2.45, 2.75) is 38.0 Å². The van der Waals surface area contributed by atoms with Crippen LogP contribution in [-0.2, 0) is 20.8 Å². The zero-order valence-corrected chi connectivity index (χ0v) is 15.5. The molecule has 4 N–H and O–H groups in total. The molecule has 0 radical (unpaired) electrons. The number of rotatable bonds is 7. The van der Waals surface area contributed by atoms with Crippen LogP contribution in [0, 0.1) is 10.1 Å². The van der Waals surface area contributed by atoms with Crippen molar-refractivity contribution >= 4 is 23.4 Å². The minimum atomic E-state index is -1.19. The second-order valence-electron chi connectivity index (χ2n) is 6.50. The first-order chi connectivity index (χ1) is 13.1. The van der Waals surface area contributed by atoms with Crippen LogP contribution in [0.4, 0.5) is 5.69 Å². The Morgan fingerprint density at radius 3 is 2.68 bits per heavy atom. The van der Waals surface area contributed by atoms with Crippen LogP contribution in [0.25, 0.3) is 0 Å². The summed E-state index contributed by atoms with van der Waals surface area (Å²) in [6, 6.07) is 1.77. The molecule has 1 heterocycles. The lowest BCUT2D eigenvalue weighted by atomic mass is 10.0. The van der Waals surface area contributed by atoms with Crippen molar-refractivity contribution in [1.29, 1.82) is 0 Å². The molecule has 3 atom stereocenters. The van der Waals surface area contributed by atoms with E-state index >= 15 is 0 Å². The highest BCUT2D eigenvalue weighted by atomic mass is 16.6. The molecule has 11 nitrogen and oxygen atoms in total. The Labute approximate surface area is 160 Å². The molecule has 1 saturated heterocycles. The number of methoxy groups -OCH3 is 1. The molecule has 1 aromatic carbocycles. The van der Waals surface area contributed by atoms with Crippen LogP contribution in [-0.4, -0.2) is 64.5 Å². The van der Waals surface area contributed by atoms with Crippen LogP contribution in [0.2, 0.25) is 0 Å². The van der Waals surface area contributed by atoms with Gasteiger partial charge in [-0.3, -0.25) is 24.5 Å². The molecular weight excluding hydrogens is 372 g/mol. The maximum atomic E-state index is 12.6. The highest BCUT2D eigenvalue weighted by Gasteiger charge is 2.38. The largest absolute Gasteiger partial charge is 0.496 e. The van der Waals surface area contributed by atoms with E-state index in [0.29, 0.717) is 11.3 Å². The molecule has 0 unspecified atom stereocenters. The van der Waals surface area contributed by atoms with Crippen molar-refractivity contribution in [3.63, 3.8) is 0 Å². The lowest BCUT2D eigenvalue weighted by Gasteiger charge is -2.24. The number of non-ortho nitro benzene ring substituents is 1. The molecule has 11 heteroatoms. The second-order valence-corrected chi connectivity index (χ2v) is 6.50. The number of aliphatic hydroxyl groups is 1. The Kier molecular flexibility index (Phi) is 6.52. The van der Waals surface area contributed by atoms with E-state index in [1.54, 1.807) is 0 Å². The van der Waals surface area contributed by atoms with E-state index in [2.05, 4.69) is 5.32 Å². The Morgan fingerprint density at radius 1 is 1.46 bits per heavy atom. The number of nitrogens with one attached hydrogen (secondary N) is 1. The smallest absolute Gasteiger partial charge is 0.269 e. The number of hydrogen-bond donors (Lipinski definition) is 3. The molecule has 0 aromatic heterocycles. The van der Waals surface area contributed by atoms with Gasteiger partial charge >= 0.3 is 0 Å². The van der Waals surface area contributed by atoms with Gasteiger partial charge in [-0.25, -0.2) is 0 Å². The molecular formula is C17H22N4O7. The average Bonchev–Trinajstić information content (AvgIpc) is 3.03. The van der Waals surface area contributed by atoms with Crippen molar-refractivity contribution < 1.29 is 29.2 Å². The number of nitro benzene ring substituents is 1. The van der Waals surface area contributed by atoms with E-state index in [9.17, 15) is 29.6 Å². The summed E-state index contributed by atoms with van der Waals surface area (Å²) in [5.41, 5.74) is 5.50. The summed E-state index contributed by atoms with van der Waals surface area (Å²) in [7, 11) is 1.37. The zero-order valence-electron chi connectivity index (χ0n) is 15.5. The van der Waals surface area contributed by atoms with Crippen LogP contribution in [0.1, 0.15) is 18.9 Å². The molecule has 0 bridgehead atoms. The van der Waals surface area contributed by atoms with Crippen molar-refractivity contribution in [3.05, 3.63) is 33.9 Å². The number of carbonyl (C=O) groups excluding carboxylic acids is 3. The van der Waals surface area contributed by atoms with Crippen molar-refractivity contribution in [2.24, 2.45) is 5.73 Å². The van der Waals surface area contributed by atoms with Gasteiger partial charge in [-0.05, 0) is 6.07 Å². The molecule has 1 aromatic rings. The number of amides is 3. The lowest BCUT2D eigenvalue weighted by Crippen LogP contribution is -2.52. The number of hydrogen-bond acceptors (Lipinski definition) is 7. The Bertz CT molecular complexity index is 798. The van der Waals surface area contributed by atoms with E-state index in [1.807, 2.05) is 0 Å². The first-order valence-corrected chi connectivity index (χ1v) is 8.50. The molecule has 0 spiro atoms. The summed E-state index contributed by atoms with van der Waals surface area (Å²) < 4.78 is 5.15. The second kappa shape index (κ2) is 8.65. The number of benzene rings is 1. The fourth-order valence-corrected chi connectivity index (χ4v) is 3.16. The number of ether oxygens (including phenoxy) is 1. The Morgan fingerprint density at radius 2 is 2.14 bits per heavy atom. The Balaban J connectivity index is 2.21. The van der Waals surface area contributed by atoms with E-state index in [1.165, 1.54) is 37.1 Å². The SMILES string of the molecule is COc1ccc([N+](=O)[O-])cc1C[C@@H](NC(=O)[C@@H]1C[C@@H](O)CN1C(C)=O)C(N)=O. The number of primary amides is 1. The number of nitrogens with two attached hydrogens (primary N) is 1. The van der Waals surface area contributed by atoms with Crippen LogP contribution in [0.15, 0.2) is 18.2 Å². The molecule has 2 rings (SSSR count). The number of β-amino-alcohol motifs (C(OH)–C–C–N with tert-alkyl or cyclic N) is 1. The maximum absolute atomic E-state index is 12.6. The van der Waals surface area contributed by atoms with Crippen LogP contribution < -0.4 is 15.8 Å². The zero-order chi connectivity index (χ0) is 21.0. The predicted octanol–water partition coefficient (Wildman–Crippen LogP) is -0.902. The van der Waals surface area contributed by atoms with Crippen molar-refractivity contribution in [1.82, 2.24) is 10.2 Å². The average molecular weight is 394 g/mol. The van der Waals surface area contributed by atoms with Gasteiger partial charge in [0.2, 0.25) is 17.7 Å². The lowest BCUT2D eigenvalue weighted by molar-refractivity contribution is -0.384. The normalized spacial score (nSPS) is 19.8. The third-order valence-corrected chi connectivity index (χ3v) is 4.54. The standard InChI is InChI=1S/C17H22N4O7/c1-9(22)20-8-12(23)7-14(20)17(25)19-13(16(18)24)6-10-5-11(21(26)27)3-4-15(10)28-2/h3-5,12-14,23H,6-8H2,1-2H3,(H2,18,24)(H,19,25)/t12-,13-,14+/m1/s1. The molecule has 1 aliphatic heterocycles. The van der Waals surface area contributed by atoms with Crippen LogP contribution in [0.3, 0.4) is 0 Å². The van der Waals surface area contributed by atoms with Crippen LogP contribution >= 0.6 is 0 Å². The molecule has 1 aliphatic rings. The van der Waals surface area contributed by atoms with Gasteiger partial charge in [0.1, 0.15) is 17.8 Å². The highest BCUT2D eigenvalue weighted by Crippen LogP contribution is 2.25.